The van der Waals surface area contributed by atoms with E-state index in [2.05, 4.69) is 26.0 Å². The lowest BCUT2D eigenvalue weighted by molar-refractivity contribution is -0.128. The molecule has 2 aromatic rings. The predicted octanol–water partition coefficient (Wildman–Crippen LogP) is 6.44. The van der Waals surface area contributed by atoms with Gasteiger partial charge in [-0.25, -0.2) is 0 Å². The Kier molecular flexibility index (Phi) is 9.75. The molecule has 0 aliphatic carbocycles. The van der Waals surface area contributed by atoms with Crippen LogP contribution in [0.15, 0.2) is 34.7 Å². The van der Waals surface area contributed by atoms with Crippen molar-refractivity contribution in [3.63, 3.8) is 0 Å². The maximum Gasteiger partial charge on any atom is 0.289 e. The first kappa shape index (κ1) is 26.7. The summed E-state index contributed by atoms with van der Waals surface area (Å²) in [5.74, 6) is 2.48. The van der Waals surface area contributed by atoms with E-state index in [9.17, 15) is 9.59 Å². The average Bonchev–Trinajstić information content (AvgIpc) is 3.24. The van der Waals surface area contributed by atoms with Crippen molar-refractivity contribution in [1.82, 2.24) is 4.90 Å². The highest BCUT2D eigenvalue weighted by Gasteiger charge is 2.22. The Morgan fingerprint density at radius 3 is 2.36 bits per heavy atom. The summed E-state index contributed by atoms with van der Waals surface area (Å²) in [5, 5.41) is 0. The molecule has 5 heteroatoms. The van der Waals surface area contributed by atoms with Crippen LogP contribution >= 0.6 is 0 Å². The van der Waals surface area contributed by atoms with Crippen molar-refractivity contribution in [1.29, 1.82) is 0 Å². The molecular weight excluding hydrogens is 414 g/mol. The SMILES string of the molecule is CCC(C)c1cc(CCCCCc2ccc(C(=O)N(C)C)o2)ccc1OCC(=O)C(C)(C)C. The molecule has 1 heterocycles. The van der Waals surface area contributed by atoms with E-state index < -0.39 is 5.41 Å². The van der Waals surface area contributed by atoms with Crippen molar-refractivity contribution in [2.75, 3.05) is 20.7 Å². The molecule has 0 aliphatic rings. The standard InChI is InChI=1S/C28H41NO4/c1-8-20(2)23-18-21(14-16-24(23)32-19-26(30)28(3,4)5)12-10-9-11-13-22-15-17-25(33-22)27(31)29(6)7/h14-18,20H,8-13,19H2,1-7H3. The first-order chi connectivity index (χ1) is 15.5. The molecule has 0 saturated carbocycles. The number of unbranched alkanes of at least 4 members (excludes halogenated alkanes) is 2. The van der Waals surface area contributed by atoms with Gasteiger partial charge in [0.15, 0.2) is 11.5 Å². The summed E-state index contributed by atoms with van der Waals surface area (Å²) >= 11 is 0. The van der Waals surface area contributed by atoms with Gasteiger partial charge >= 0.3 is 0 Å². The second kappa shape index (κ2) is 12.1. The number of nitrogens with zero attached hydrogens (tertiary/aromatic N) is 1. The van der Waals surface area contributed by atoms with Gasteiger partial charge in [0, 0.05) is 25.9 Å². The number of carbonyl (C=O) groups is 2. The maximum absolute atomic E-state index is 12.3. The quantitative estimate of drug-likeness (QED) is 0.345. The fourth-order valence-electron chi connectivity index (χ4n) is 3.50. The highest BCUT2D eigenvalue weighted by molar-refractivity contribution is 5.91. The Labute approximate surface area is 199 Å². The number of ketones is 1. The van der Waals surface area contributed by atoms with Crippen molar-refractivity contribution in [2.45, 2.75) is 79.1 Å². The molecule has 0 fully saturated rings. The summed E-state index contributed by atoms with van der Waals surface area (Å²) in [7, 11) is 3.45. The maximum atomic E-state index is 12.3. The van der Waals surface area contributed by atoms with Crippen molar-refractivity contribution < 1.29 is 18.7 Å². The summed E-state index contributed by atoms with van der Waals surface area (Å²) < 4.78 is 11.6. The van der Waals surface area contributed by atoms with E-state index in [0.717, 1.165) is 50.0 Å². The van der Waals surface area contributed by atoms with Crippen LogP contribution in [-0.2, 0) is 17.6 Å². The second-order valence-corrected chi connectivity index (χ2v) is 10.2. The summed E-state index contributed by atoms with van der Waals surface area (Å²) in [6.45, 7) is 10.3. The Bertz CT molecular complexity index is 920. The largest absolute Gasteiger partial charge is 0.486 e. The zero-order valence-corrected chi connectivity index (χ0v) is 21.5. The number of carbonyl (C=O) groups excluding carboxylic acids is 2. The van der Waals surface area contributed by atoms with Gasteiger partial charge in [-0.2, -0.15) is 0 Å². The van der Waals surface area contributed by atoms with Crippen molar-refractivity contribution >= 4 is 11.7 Å². The highest BCUT2D eigenvalue weighted by atomic mass is 16.5. The summed E-state index contributed by atoms with van der Waals surface area (Å²) in [4.78, 5) is 25.7. The topological polar surface area (TPSA) is 59.8 Å². The zero-order valence-electron chi connectivity index (χ0n) is 21.5. The molecule has 182 valence electrons. The summed E-state index contributed by atoms with van der Waals surface area (Å²) in [6, 6.07) is 10.1. The molecular formula is C28H41NO4. The van der Waals surface area contributed by atoms with E-state index in [1.54, 1.807) is 20.2 Å². The fourth-order valence-corrected chi connectivity index (χ4v) is 3.50. The Hall–Kier alpha value is -2.56. The van der Waals surface area contributed by atoms with Crippen LogP contribution in [-0.4, -0.2) is 37.3 Å². The molecule has 1 amide bonds. The summed E-state index contributed by atoms with van der Waals surface area (Å²) in [6.07, 6.45) is 6.08. The van der Waals surface area contributed by atoms with Crippen molar-refractivity contribution in [3.05, 3.63) is 53.0 Å². The number of ether oxygens (including phenoxy) is 1. The minimum absolute atomic E-state index is 0.103. The first-order valence-electron chi connectivity index (χ1n) is 12.1. The molecule has 0 saturated heterocycles. The second-order valence-electron chi connectivity index (χ2n) is 10.2. The normalized spacial score (nSPS) is 12.5. The van der Waals surface area contributed by atoms with Gasteiger partial charge in [-0.15, -0.1) is 0 Å². The number of hydrogen-bond donors (Lipinski definition) is 0. The molecule has 2 rings (SSSR count). The minimum Gasteiger partial charge on any atom is -0.486 e. The number of amides is 1. The number of hydrogen-bond acceptors (Lipinski definition) is 4. The van der Waals surface area contributed by atoms with Gasteiger partial charge in [0.25, 0.3) is 5.91 Å². The molecule has 33 heavy (non-hydrogen) atoms. The number of benzene rings is 1. The van der Waals surface area contributed by atoms with Crippen molar-refractivity contribution in [2.24, 2.45) is 5.41 Å². The van der Waals surface area contributed by atoms with Crippen LogP contribution < -0.4 is 4.74 Å². The van der Waals surface area contributed by atoms with Crippen LogP contribution in [0.5, 0.6) is 5.75 Å². The van der Waals surface area contributed by atoms with Gasteiger partial charge in [-0.05, 0) is 60.9 Å². The van der Waals surface area contributed by atoms with Crippen LogP contribution in [0.25, 0.3) is 0 Å². The van der Waals surface area contributed by atoms with Crippen molar-refractivity contribution in [3.8, 4) is 5.75 Å². The minimum atomic E-state index is -0.393. The van der Waals surface area contributed by atoms with Gasteiger partial charge < -0.3 is 14.1 Å². The molecule has 5 nitrogen and oxygen atoms in total. The van der Waals surface area contributed by atoms with E-state index in [4.69, 9.17) is 9.15 Å². The summed E-state index contributed by atoms with van der Waals surface area (Å²) in [5.41, 5.74) is 2.09. The molecule has 1 aromatic heterocycles. The van der Waals surface area contributed by atoms with Gasteiger partial charge in [0.1, 0.15) is 18.1 Å². The van der Waals surface area contributed by atoms with E-state index in [-0.39, 0.29) is 18.3 Å². The smallest absolute Gasteiger partial charge is 0.289 e. The third-order valence-electron chi connectivity index (χ3n) is 6.08. The lowest BCUT2D eigenvalue weighted by atomic mass is 9.91. The average molecular weight is 456 g/mol. The lowest BCUT2D eigenvalue weighted by Gasteiger charge is -2.20. The van der Waals surface area contributed by atoms with Crippen LogP contribution in [0.4, 0.5) is 0 Å². The van der Waals surface area contributed by atoms with Gasteiger partial charge in [-0.1, -0.05) is 53.2 Å². The Morgan fingerprint density at radius 2 is 1.73 bits per heavy atom. The highest BCUT2D eigenvalue weighted by Crippen LogP contribution is 2.31. The number of rotatable bonds is 12. The molecule has 0 radical (unpaired) electrons. The van der Waals surface area contributed by atoms with Gasteiger partial charge in [-0.3, -0.25) is 9.59 Å². The van der Waals surface area contributed by atoms with E-state index >= 15 is 0 Å². The van der Waals surface area contributed by atoms with Crippen LogP contribution in [0, 0.1) is 5.41 Å². The van der Waals surface area contributed by atoms with E-state index in [1.807, 2.05) is 32.9 Å². The fraction of sp³-hybridized carbons (Fsp3) is 0.571. The van der Waals surface area contributed by atoms with Crippen LogP contribution in [0.1, 0.15) is 93.7 Å². The van der Waals surface area contributed by atoms with E-state index in [0.29, 0.717) is 11.7 Å². The zero-order chi connectivity index (χ0) is 24.6. The third kappa shape index (κ3) is 8.06. The molecule has 1 aromatic carbocycles. The Morgan fingerprint density at radius 1 is 1.03 bits per heavy atom. The lowest BCUT2D eigenvalue weighted by Crippen LogP contribution is -2.26. The molecule has 0 N–H and O–H groups in total. The van der Waals surface area contributed by atoms with E-state index in [1.165, 1.54) is 16.0 Å². The Balaban J connectivity index is 1.88. The predicted molar refractivity (Wildman–Crippen MR) is 133 cm³/mol. The molecule has 1 unspecified atom stereocenters. The number of Topliss-reactive ketones (excluding diaryl/α,β-unsaturated/α-hetero) is 1. The van der Waals surface area contributed by atoms with Gasteiger partial charge in [0.05, 0.1) is 0 Å². The number of furan rings is 1. The monoisotopic (exact) mass is 455 g/mol. The van der Waals surface area contributed by atoms with Crippen LogP contribution in [0.2, 0.25) is 0 Å². The van der Waals surface area contributed by atoms with Gasteiger partial charge in [0.2, 0.25) is 0 Å². The molecule has 1 atom stereocenters. The molecule has 0 spiro atoms. The van der Waals surface area contributed by atoms with Crippen LogP contribution in [0.3, 0.4) is 0 Å². The first-order valence-corrected chi connectivity index (χ1v) is 12.1. The molecule has 0 aliphatic heterocycles. The number of aryl methyl sites for hydroxylation is 2. The molecule has 0 bridgehead atoms. The third-order valence-corrected chi connectivity index (χ3v) is 6.08.